The van der Waals surface area contributed by atoms with E-state index in [0.29, 0.717) is 17.8 Å². The van der Waals surface area contributed by atoms with Gasteiger partial charge in [-0.1, -0.05) is 50.2 Å². The van der Waals surface area contributed by atoms with Crippen LogP contribution in [0.4, 0.5) is 10.1 Å². The lowest BCUT2D eigenvalue weighted by Gasteiger charge is -2.23. The summed E-state index contributed by atoms with van der Waals surface area (Å²) in [4.78, 5) is 12.7. The summed E-state index contributed by atoms with van der Waals surface area (Å²) in [7, 11) is -3.66. The van der Waals surface area contributed by atoms with Crippen LogP contribution in [0.15, 0.2) is 66.7 Å². The van der Waals surface area contributed by atoms with Crippen LogP contribution in [0, 0.1) is 5.82 Å². The number of hydrogen-bond acceptors (Lipinski definition) is 3. The highest BCUT2D eigenvalue weighted by Crippen LogP contribution is 2.22. The molecule has 0 saturated carbocycles. The number of carbonyl (C=O) groups excluding carboxylic acids is 1. The van der Waals surface area contributed by atoms with Crippen LogP contribution in [0.3, 0.4) is 0 Å². The lowest BCUT2D eigenvalue weighted by atomic mass is 10.0. The summed E-state index contributed by atoms with van der Waals surface area (Å²) in [6.45, 7) is 4.46. The van der Waals surface area contributed by atoms with Crippen LogP contribution < -0.4 is 9.62 Å². The molecule has 0 fully saturated rings. The molecule has 7 heteroatoms. The minimum absolute atomic E-state index is 0.134. The summed E-state index contributed by atoms with van der Waals surface area (Å²) >= 11 is 0. The molecule has 1 amide bonds. The smallest absolute Gasteiger partial charge is 0.251 e. The van der Waals surface area contributed by atoms with Crippen LogP contribution in [0.2, 0.25) is 0 Å². The van der Waals surface area contributed by atoms with Crippen LogP contribution in [0.25, 0.3) is 0 Å². The molecule has 1 N–H and O–H groups in total. The quantitative estimate of drug-likeness (QED) is 0.488. The Kier molecular flexibility index (Phi) is 7.87. The summed E-state index contributed by atoms with van der Waals surface area (Å²) in [5, 5.41) is 2.95. The largest absolute Gasteiger partial charge is 0.348 e. The number of anilines is 1. The van der Waals surface area contributed by atoms with Crippen LogP contribution in [0.1, 0.15) is 46.5 Å². The van der Waals surface area contributed by atoms with Gasteiger partial charge in [-0.3, -0.25) is 9.10 Å². The third-order valence-corrected chi connectivity index (χ3v) is 6.73. The van der Waals surface area contributed by atoms with Gasteiger partial charge in [0.2, 0.25) is 10.0 Å². The van der Waals surface area contributed by atoms with Crippen molar-refractivity contribution in [2.24, 2.45) is 0 Å². The van der Waals surface area contributed by atoms with Crippen molar-refractivity contribution in [3.63, 3.8) is 0 Å². The minimum Gasteiger partial charge on any atom is -0.348 e. The van der Waals surface area contributed by atoms with Crippen molar-refractivity contribution in [1.29, 1.82) is 0 Å². The van der Waals surface area contributed by atoms with E-state index in [-0.39, 0.29) is 18.0 Å². The fourth-order valence-electron chi connectivity index (χ4n) is 3.65. The molecular formula is C26H29FN2O3S. The van der Waals surface area contributed by atoms with Crippen molar-refractivity contribution in [3.8, 4) is 0 Å². The molecule has 0 spiro atoms. The first-order valence-corrected chi connectivity index (χ1v) is 12.8. The lowest BCUT2D eigenvalue weighted by Crippen LogP contribution is -2.30. The molecular weight excluding hydrogens is 439 g/mol. The predicted octanol–water partition coefficient (Wildman–Crippen LogP) is 4.85. The summed E-state index contributed by atoms with van der Waals surface area (Å²) in [6, 6.07) is 18.7. The minimum atomic E-state index is -3.66. The molecule has 0 bridgehead atoms. The number of hydrogen-bond donors (Lipinski definition) is 1. The zero-order valence-corrected chi connectivity index (χ0v) is 20.0. The van der Waals surface area contributed by atoms with Crippen molar-refractivity contribution in [2.75, 3.05) is 10.6 Å². The average Bonchev–Trinajstić information content (AvgIpc) is 2.81. The van der Waals surface area contributed by atoms with E-state index in [2.05, 4.69) is 37.4 Å². The van der Waals surface area contributed by atoms with Gasteiger partial charge in [-0.25, -0.2) is 12.8 Å². The van der Waals surface area contributed by atoms with Crippen LogP contribution >= 0.6 is 0 Å². The molecule has 0 saturated heterocycles. The number of carbonyl (C=O) groups is 1. The van der Waals surface area contributed by atoms with E-state index in [9.17, 15) is 17.6 Å². The molecule has 0 aliphatic carbocycles. The van der Waals surface area contributed by atoms with E-state index in [1.165, 1.54) is 17.2 Å². The van der Waals surface area contributed by atoms with Gasteiger partial charge in [0.15, 0.2) is 0 Å². The summed E-state index contributed by atoms with van der Waals surface area (Å²) < 4.78 is 39.9. The fraction of sp³-hybridized carbons (Fsp3) is 0.269. The normalized spacial score (nSPS) is 11.3. The van der Waals surface area contributed by atoms with Gasteiger partial charge in [0.1, 0.15) is 5.82 Å². The zero-order chi connectivity index (χ0) is 24.0. The Bertz CT molecular complexity index is 1220. The van der Waals surface area contributed by atoms with Crippen molar-refractivity contribution in [3.05, 3.63) is 100 Å². The highest BCUT2D eigenvalue weighted by Gasteiger charge is 2.20. The SMILES string of the molecule is CCc1ccc(CC)c(CNC(=O)c2ccc(N(Cc3ccccc3F)S(C)(=O)=O)cc2)c1. The highest BCUT2D eigenvalue weighted by molar-refractivity contribution is 7.92. The number of sulfonamides is 1. The Hall–Kier alpha value is -3.19. The second-order valence-electron chi connectivity index (χ2n) is 7.90. The Labute approximate surface area is 195 Å². The number of nitrogens with zero attached hydrogens (tertiary/aromatic N) is 1. The monoisotopic (exact) mass is 468 g/mol. The number of benzene rings is 3. The molecule has 0 aliphatic rings. The van der Waals surface area contributed by atoms with Gasteiger partial charge < -0.3 is 5.32 Å². The number of halogens is 1. The first-order valence-electron chi connectivity index (χ1n) is 10.9. The van der Waals surface area contributed by atoms with Gasteiger partial charge in [0.05, 0.1) is 18.5 Å². The molecule has 3 rings (SSSR count). The van der Waals surface area contributed by atoms with Crippen molar-refractivity contribution >= 4 is 21.6 Å². The van der Waals surface area contributed by atoms with Crippen molar-refractivity contribution in [2.45, 2.75) is 39.8 Å². The van der Waals surface area contributed by atoms with Gasteiger partial charge in [-0.05, 0) is 59.9 Å². The van der Waals surface area contributed by atoms with Crippen molar-refractivity contribution in [1.82, 2.24) is 5.32 Å². The molecule has 0 radical (unpaired) electrons. The summed E-state index contributed by atoms with van der Waals surface area (Å²) in [6.07, 6.45) is 2.88. The van der Waals surface area contributed by atoms with Crippen molar-refractivity contribution < 1.29 is 17.6 Å². The Morgan fingerprint density at radius 2 is 1.61 bits per heavy atom. The van der Waals surface area contributed by atoms with E-state index in [4.69, 9.17) is 0 Å². The van der Waals surface area contributed by atoms with E-state index < -0.39 is 15.8 Å². The second kappa shape index (κ2) is 10.6. The molecule has 33 heavy (non-hydrogen) atoms. The average molecular weight is 469 g/mol. The third-order valence-electron chi connectivity index (χ3n) is 5.59. The maximum absolute atomic E-state index is 14.1. The molecule has 0 heterocycles. The Balaban J connectivity index is 1.75. The molecule has 174 valence electrons. The Morgan fingerprint density at radius 3 is 2.21 bits per heavy atom. The number of amides is 1. The van der Waals surface area contributed by atoms with Gasteiger partial charge in [-0.15, -0.1) is 0 Å². The second-order valence-corrected chi connectivity index (χ2v) is 9.81. The van der Waals surface area contributed by atoms with E-state index in [1.54, 1.807) is 42.5 Å². The first kappa shape index (κ1) is 24.5. The Morgan fingerprint density at radius 1 is 0.909 bits per heavy atom. The fourth-order valence-corrected chi connectivity index (χ4v) is 4.52. The van der Waals surface area contributed by atoms with Crippen LogP contribution in [-0.4, -0.2) is 20.6 Å². The van der Waals surface area contributed by atoms with E-state index >= 15 is 0 Å². The van der Waals surface area contributed by atoms with Crippen LogP contribution in [-0.2, 0) is 36.0 Å². The van der Waals surface area contributed by atoms with Gasteiger partial charge in [0, 0.05) is 17.7 Å². The maximum atomic E-state index is 14.1. The van der Waals surface area contributed by atoms with Crippen LogP contribution in [0.5, 0.6) is 0 Å². The predicted molar refractivity (Wildman–Crippen MR) is 130 cm³/mol. The van der Waals surface area contributed by atoms with Gasteiger partial charge in [-0.2, -0.15) is 0 Å². The van der Waals surface area contributed by atoms with E-state index in [1.807, 2.05) is 0 Å². The number of nitrogens with one attached hydrogen (secondary N) is 1. The van der Waals surface area contributed by atoms with Gasteiger partial charge >= 0.3 is 0 Å². The topological polar surface area (TPSA) is 66.5 Å². The van der Waals surface area contributed by atoms with E-state index in [0.717, 1.165) is 29.0 Å². The third kappa shape index (κ3) is 6.20. The molecule has 0 unspecified atom stereocenters. The lowest BCUT2D eigenvalue weighted by molar-refractivity contribution is 0.0951. The van der Waals surface area contributed by atoms with Gasteiger partial charge in [0.25, 0.3) is 5.91 Å². The first-order chi connectivity index (χ1) is 15.7. The molecule has 5 nitrogen and oxygen atoms in total. The molecule has 0 aliphatic heterocycles. The summed E-state index contributed by atoms with van der Waals surface area (Å²) in [5.74, 6) is -0.716. The molecule has 0 atom stereocenters. The maximum Gasteiger partial charge on any atom is 0.251 e. The summed E-state index contributed by atoms with van der Waals surface area (Å²) in [5.41, 5.74) is 4.56. The number of rotatable bonds is 9. The zero-order valence-electron chi connectivity index (χ0n) is 19.1. The molecule has 3 aromatic rings. The number of aryl methyl sites for hydroxylation is 2. The molecule has 0 aromatic heterocycles. The highest BCUT2D eigenvalue weighted by atomic mass is 32.2. The molecule has 3 aromatic carbocycles. The standard InChI is InChI=1S/C26H29FN2O3S/c1-4-19-10-11-20(5-2)23(16-19)17-28-26(30)21-12-14-24(15-13-21)29(33(3,31)32)18-22-8-6-7-9-25(22)27/h6-16H,4-5,17-18H2,1-3H3,(H,28,30).